The number of phenols is 2. The summed E-state index contributed by atoms with van der Waals surface area (Å²) in [5, 5.41) is 38.4. The second-order valence-electron chi connectivity index (χ2n) is 4.95. The molecule has 0 fully saturated rings. The van der Waals surface area contributed by atoms with Crippen LogP contribution in [0.25, 0.3) is 0 Å². The zero-order valence-corrected chi connectivity index (χ0v) is 10.6. The summed E-state index contributed by atoms with van der Waals surface area (Å²) in [5.74, 6) is -2.92. The van der Waals surface area contributed by atoms with Gasteiger partial charge in [-0.25, -0.2) is 0 Å². The lowest BCUT2D eigenvalue weighted by Gasteiger charge is -2.33. The predicted octanol–water partition coefficient (Wildman–Crippen LogP) is 1.66. The lowest BCUT2D eigenvalue weighted by Crippen LogP contribution is -2.40. The molecule has 0 bridgehead atoms. The largest absolute Gasteiger partial charge is 0.508 e. The highest BCUT2D eigenvalue weighted by Gasteiger charge is 2.41. The zero-order chi connectivity index (χ0) is 14.1. The van der Waals surface area contributed by atoms with Gasteiger partial charge in [-0.3, -0.25) is 4.79 Å². The molecule has 5 heteroatoms. The number of benzene rings is 1. The van der Waals surface area contributed by atoms with Gasteiger partial charge in [-0.05, 0) is 30.5 Å². The van der Waals surface area contributed by atoms with E-state index in [1.165, 1.54) is 19.1 Å². The van der Waals surface area contributed by atoms with Crippen molar-refractivity contribution in [2.75, 3.05) is 0 Å². The fraction of sp³-hybridized carbons (Fsp3) is 0.462. The molecule has 5 nitrogen and oxygen atoms in total. The van der Waals surface area contributed by atoms with E-state index < -0.39 is 17.5 Å². The Balaban J connectivity index is 3.29. The van der Waals surface area contributed by atoms with Crippen molar-refractivity contribution in [2.45, 2.75) is 26.4 Å². The molecule has 4 N–H and O–H groups in total. The number of aromatic hydroxyl groups is 2. The van der Waals surface area contributed by atoms with Gasteiger partial charge in [0, 0.05) is 6.07 Å². The molecule has 0 radical (unpaired) electrons. The van der Waals surface area contributed by atoms with Crippen molar-refractivity contribution >= 4 is 5.97 Å². The normalized spacial score (nSPS) is 16.3. The van der Waals surface area contributed by atoms with Gasteiger partial charge in [0.2, 0.25) is 0 Å². The first-order chi connectivity index (χ1) is 8.16. The van der Waals surface area contributed by atoms with Crippen molar-refractivity contribution in [3.05, 3.63) is 23.8 Å². The Morgan fingerprint density at radius 1 is 1.17 bits per heavy atom. The van der Waals surface area contributed by atoms with E-state index in [1.54, 1.807) is 13.8 Å². The number of hydrogen-bond donors (Lipinski definition) is 4. The number of carboxylic acid groups (broad SMARTS) is 1. The molecule has 2 unspecified atom stereocenters. The number of aliphatic carboxylic acids is 1. The molecule has 0 amide bonds. The standard InChI is InChI=1S/C13H18O5/c1-7(2)11(12(16)17)13(3,18)8-4-9(14)6-10(15)5-8/h4-7,11,14-15,18H,1-3H3,(H,16,17). The van der Waals surface area contributed by atoms with Crippen LogP contribution >= 0.6 is 0 Å². The molecule has 100 valence electrons. The van der Waals surface area contributed by atoms with Gasteiger partial charge in [0.1, 0.15) is 17.1 Å². The fourth-order valence-electron chi connectivity index (χ4n) is 2.24. The van der Waals surface area contributed by atoms with Crippen molar-refractivity contribution < 1.29 is 25.2 Å². The highest BCUT2D eigenvalue weighted by Crippen LogP contribution is 2.37. The highest BCUT2D eigenvalue weighted by molar-refractivity contribution is 5.72. The summed E-state index contributed by atoms with van der Waals surface area (Å²) in [4.78, 5) is 11.2. The highest BCUT2D eigenvalue weighted by atomic mass is 16.4. The Morgan fingerprint density at radius 2 is 1.61 bits per heavy atom. The predicted molar refractivity (Wildman–Crippen MR) is 65.3 cm³/mol. The second kappa shape index (κ2) is 4.86. The Hall–Kier alpha value is -1.75. The van der Waals surface area contributed by atoms with E-state index in [1.807, 2.05) is 0 Å². The first-order valence-electron chi connectivity index (χ1n) is 5.65. The van der Waals surface area contributed by atoms with E-state index >= 15 is 0 Å². The SMILES string of the molecule is CC(C)C(C(=O)O)C(C)(O)c1cc(O)cc(O)c1. The molecule has 1 aromatic carbocycles. The minimum atomic E-state index is -1.68. The van der Waals surface area contributed by atoms with Crippen LogP contribution in [0.4, 0.5) is 0 Å². The average Bonchev–Trinajstić information content (AvgIpc) is 2.13. The first kappa shape index (κ1) is 14.3. The van der Waals surface area contributed by atoms with Crippen molar-refractivity contribution in [1.82, 2.24) is 0 Å². The quantitative estimate of drug-likeness (QED) is 0.655. The molecule has 1 aromatic rings. The van der Waals surface area contributed by atoms with Crippen LogP contribution in [-0.2, 0) is 10.4 Å². The van der Waals surface area contributed by atoms with Gasteiger partial charge in [-0.1, -0.05) is 13.8 Å². The summed E-state index contributed by atoms with van der Waals surface area (Å²) in [6.07, 6.45) is 0. The monoisotopic (exact) mass is 254 g/mol. The van der Waals surface area contributed by atoms with Gasteiger partial charge in [-0.15, -0.1) is 0 Å². The number of carbonyl (C=O) groups is 1. The molecule has 0 heterocycles. The van der Waals surface area contributed by atoms with Crippen LogP contribution in [0, 0.1) is 11.8 Å². The molecule has 1 rings (SSSR count). The van der Waals surface area contributed by atoms with Crippen LogP contribution in [0.5, 0.6) is 11.5 Å². The summed E-state index contributed by atoms with van der Waals surface area (Å²) in [6, 6.07) is 3.61. The lowest BCUT2D eigenvalue weighted by molar-refractivity contribution is -0.155. The van der Waals surface area contributed by atoms with E-state index in [4.69, 9.17) is 0 Å². The van der Waals surface area contributed by atoms with Gasteiger partial charge in [0.05, 0.1) is 5.92 Å². The Kier molecular flexibility index (Phi) is 3.86. The van der Waals surface area contributed by atoms with Gasteiger partial charge < -0.3 is 20.4 Å². The molecular weight excluding hydrogens is 236 g/mol. The summed E-state index contributed by atoms with van der Waals surface area (Å²) < 4.78 is 0. The van der Waals surface area contributed by atoms with Crippen LogP contribution in [0.1, 0.15) is 26.3 Å². The molecule has 0 saturated carbocycles. The summed E-state index contributed by atoms with van der Waals surface area (Å²) in [5.41, 5.74) is -1.52. The minimum absolute atomic E-state index is 0.168. The van der Waals surface area contributed by atoms with E-state index in [0.717, 1.165) is 6.07 Å². The summed E-state index contributed by atoms with van der Waals surface area (Å²) in [6.45, 7) is 4.74. The summed E-state index contributed by atoms with van der Waals surface area (Å²) >= 11 is 0. The van der Waals surface area contributed by atoms with Gasteiger partial charge in [-0.2, -0.15) is 0 Å². The van der Waals surface area contributed by atoms with E-state index in [-0.39, 0.29) is 23.0 Å². The first-order valence-corrected chi connectivity index (χ1v) is 5.65. The van der Waals surface area contributed by atoms with Crippen molar-refractivity contribution in [1.29, 1.82) is 0 Å². The lowest BCUT2D eigenvalue weighted by atomic mass is 9.76. The Morgan fingerprint density at radius 3 is 1.94 bits per heavy atom. The van der Waals surface area contributed by atoms with Crippen molar-refractivity contribution in [3.8, 4) is 11.5 Å². The van der Waals surface area contributed by atoms with Crippen molar-refractivity contribution in [2.24, 2.45) is 11.8 Å². The van der Waals surface area contributed by atoms with E-state index in [9.17, 15) is 25.2 Å². The molecule has 18 heavy (non-hydrogen) atoms. The molecule has 0 saturated heterocycles. The van der Waals surface area contributed by atoms with Crippen LogP contribution < -0.4 is 0 Å². The Labute approximate surface area is 105 Å². The fourth-order valence-corrected chi connectivity index (χ4v) is 2.24. The average molecular weight is 254 g/mol. The smallest absolute Gasteiger partial charge is 0.310 e. The van der Waals surface area contributed by atoms with E-state index in [0.29, 0.717) is 0 Å². The molecular formula is C13H18O5. The number of aliphatic hydroxyl groups is 1. The third kappa shape index (κ3) is 2.73. The molecule has 2 atom stereocenters. The zero-order valence-electron chi connectivity index (χ0n) is 10.6. The molecule has 0 aliphatic heterocycles. The third-order valence-corrected chi connectivity index (χ3v) is 3.03. The number of phenolic OH excluding ortho intramolecular Hbond substituents is 2. The molecule has 0 spiro atoms. The maximum Gasteiger partial charge on any atom is 0.310 e. The van der Waals surface area contributed by atoms with E-state index in [2.05, 4.69) is 0 Å². The molecule has 0 aliphatic carbocycles. The van der Waals surface area contributed by atoms with Gasteiger partial charge in [0.15, 0.2) is 0 Å². The Bertz CT molecular complexity index is 430. The number of carboxylic acids is 1. The maximum absolute atomic E-state index is 11.2. The summed E-state index contributed by atoms with van der Waals surface area (Å²) in [7, 11) is 0. The maximum atomic E-state index is 11.2. The van der Waals surface area contributed by atoms with Crippen LogP contribution in [0.15, 0.2) is 18.2 Å². The topological polar surface area (TPSA) is 98.0 Å². The van der Waals surface area contributed by atoms with Gasteiger partial charge in [0.25, 0.3) is 0 Å². The van der Waals surface area contributed by atoms with Crippen LogP contribution in [-0.4, -0.2) is 26.4 Å². The number of hydrogen-bond acceptors (Lipinski definition) is 4. The van der Waals surface area contributed by atoms with Crippen LogP contribution in [0.3, 0.4) is 0 Å². The van der Waals surface area contributed by atoms with Crippen molar-refractivity contribution in [3.63, 3.8) is 0 Å². The van der Waals surface area contributed by atoms with Gasteiger partial charge >= 0.3 is 5.97 Å². The molecule has 0 aliphatic rings. The second-order valence-corrected chi connectivity index (χ2v) is 4.95. The third-order valence-electron chi connectivity index (χ3n) is 3.03. The molecule has 0 aromatic heterocycles. The minimum Gasteiger partial charge on any atom is -0.508 e. The van der Waals surface area contributed by atoms with Crippen LogP contribution in [0.2, 0.25) is 0 Å². The number of rotatable bonds is 4.